The van der Waals surface area contributed by atoms with E-state index in [0.717, 1.165) is 16.3 Å². The number of nitrogens with zero attached hydrogens (tertiary/aromatic N) is 2. The monoisotopic (exact) mass is 375 g/mol. The van der Waals surface area contributed by atoms with Gasteiger partial charge in [0.2, 0.25) is 5.78 Å². The Balaban J connectivity index is 1.97. The number of urea groups is 1. The van der Waals surface area contributed by atoms with Gasteiger partial charge in [-0.1, -0.05) is 13.0 Å². The largest absolute Gasteiger partial charge is 0.456 e. The summed E-state index contributed by atoms with van der Waals surface area (Å²) < 4.78 is 6.92. The van der Waals surface area contributed by atoms with E-state index >= 15 is 0 Å². The highest BCUT2D eigenvalue weighted by Crippen LogP contribution is 2.20. The Labute approximate surface area is 158 Å². The second-order valence-electron chi connectivity index (χ2n) is 6.78. The Morgan fingerprint density at radius 2 is 2.00 bits per heavy atom. The van der Waals surface area contributed by atoms with Crippen molar-refractivity contribution in [1.29, 1.82) is 0 Å². The Morgan fingerprint density at radius 3 is 2.56 bits per heavy atom. The van der Waals surface area contributed by atoms with Crippen LogP contribution < -0.4 is 5.32 Å². The highest BCUT2D eigenvalue weighted by atomic mass is 16.5. The lowest BCUT2D eigenvalue weighted by molar-refractivity contribution is -0.146. The van der Waals surface area contributed by atoms with Crippen LogP contribution in [-0.4, -0.2) is 51.8 Å². The molecule has 1 saturated heterocycles. The van der Waals surface area contributed by atoms with E-state index in [4.69, 9.17) is 4.74 Å². The lowest BCUT2D eigenvalue weighted by atomic mass is 9.99. The number of ketones is 1. The topological polar surface area (TPSA) is 97.7 Å². The Bertz CT molecular complexity index is 811. The van der Waals surface area contributed by atoms with Gasteiger partial charge in [0.05, 0.1) is 0 Å². The maximum Gasteiger partial charge on any atom is 0.326 e. The standard InChI is InChI=1S/C19H25N3O5/c1-6-8-21-12(3)9-14(13(21)4)15(23)11-27-16(24)10-22-17(25)19(5,7-2)20-18(22)26/h6,9H,1,7-8,10-11H2,2-5H3,(H,20,26). The first-order chi connectivity index (χ1) is 12.6. The fourth-order valence-corrected chi connectivity index (χ4v) is 3.02. The number of Topliss-reactive ketones (excluding diaryl/α,β-unsaturated/α-hetero) is 1. The summed E-state index contributed by atoms with van der Waals surface area (Å²) in [6.45, 7) is 10.3. The number of aryl methyl sites for hydroxylation is 1. The molecule has 146 valence electrons. The number of hydrogen-bond donors (Lipinski definition) is 1. The molecule has 1 aromatic rings. The molecule has 2 rings (SSSR count). The SMILES string of the molecule is C=CCn1c(C)cc(C(=O)COC(=O)CN2C(=O)NC(C)(CC)C2=O)c1C. The molecule has 8 nitrogen and oxygen atoms in total. The molecule has 1 unspecified atom stereocenters. The van der Waals surface area contributed by atoms with Crippen molar-refractivity contribution in [3.8, 4) is 0 Å². The minimum Gasteiger partial charge on any atom is -0.456 e. The Kier molecular flexibility index (Phi) is 5.88. The molecule has 1 fully saturated rings. The van der Waals surface area contributed by atoms with Crippen LogP contribution in [0, 0.1) is 13.8 Å². The second-order valence-corrected chi connectivity index (χ2v) is 6.78. The summed E-state index contributed by atoms with van der Waals surface area (Å²) in [5.41, 5.74) is 1.12. The third-order valence-corrected chi connectivity index (χ3v) is 4.89. The van der Waals surface area contributed by atoms with Crippen LogP contribution in [0.2, 0.25) is 0 Å². The van der Waals surface area contributed by atoms with Crippen LogP contribution in [-0.2, 0) is 20.9 Å². The van der Waals surface area contributed by atoms with Gasteiger partial charge in [0.25, 0.3) is 5.91 Å². The molecule has 8 heteroatoms. The van der Waals surface area contributed by atoms with Gasteiger partial charge in [0.15, 0.2) is 6.61 Å². The van der Waals surface area contributed by atoms with Gasteiger partial charge in [-0.15, -0.1) is 6.58 Å². The normalized spacial score (nSPS) is 19.2. The summed E-state index contributed by atoms with van der Waals surface area (Å²) in [6, 6.07) is 1.10. The molecule has 1 aliphatic heterocycles. The fourth-order valence-electron chi connectivity index (χ4n) is 3.02. The maximum atomic E-state index is 12.4. The number of carbonyl (C=O) groups excluding carboxylic acids is 4. The number of amides is 3. The summed E-state index contributed by atoms with van der Waals surface area (Å²) >= 11 is 0. The van der Waals surface area contributed by atoms with Crippen molar-refractivity contribution in [3.63, 3.8) is 0 Å². The zero-order valence-electron chi connectivity index (χ0n) is 16.1. The van der Waals surface area contributed by atoms with Gasteiger partial charge in [-0.2, -0.15) is 0 Å². The Morgan fingerprint density at radius 1 is 1.33 bits per heavy atom. The van der Waals surface area contributed by atoms with E-state index in [2.05, 4.69) is 11.9 Å². The third-order valence-electron chi connectivity index (χ3n) is 4.89. The molecule has 2 heterocycles. The van der Waals surface area contributed by atoms with Crippen LogP contribution >= 0.6 is 0 Å². The number of carbonyl (C=O) groups is 4. The molecule has 1 aromatic heterocycles. The number of allylic oxidation sites excluding steroid dienone is 1. The third kappa shape index (κ3) is 3.94. The molecule has 1 aliphatic rings. The Hall–Kier alpha value is -2.90. The van der Waals surface area contributed by atoms with Crippen molar-refractivity contribution in [2.24, 2.45) is 0 Å². The highest BCUT2D eigenvalue weighted by Gasteiger charge is 2.47. The molecule has 0 aliphatic carbocycles. The molecule has 0 aromatic carbocycles. The lowest BCUT2D eigenvalue weighted by Crippen LogP contribution is -2.43. The van der Waals surface area contributed by atoms with E-state index < -0.39 is 36.6 Å². The van der Waals surface area contributed by atoms with Crippen molar-refractivity contribution in [2.45, 2.75) is 46.2 Å². The quantitative estimate of drug-likeness (QED) is 0.323. The first kappa shape index (κ1) is 20.4. The number of imide groups is 1. The van der Waals surface area contributed by atoms with Crippen molar-refractivity contribution < 1.29 is 23.9 Å². The fraction of sp³-hybridized carbons (Fsp3) is 0.474. The average Bonchev–Trinajstić information content (AvgIpc) is 3.02. The molecule has 0 saturated carbocycles. The van der Waals surface area contributed by atoms with Crippen molar-refractivity contribution in [1.82, 2.24) is 14.8 Å². The van der Waals surface area contributed by atoms with Crippen LogP contribution in [0.5, 0.6) is 0 Å². The molecule has 1 atom stereocenters. The van der Waals surface area contributed by atoms with E-state index in [0.29, 0.717) is 18.5 Å². The molecule has 3 amide bonds. The number of aromatic nitrogens is 1. The summed E-state index contributed by atoms with van der Waals surface area (Å²) in [7, 11) is 0. The highest BCUT2D eigenvalue weighted by molar-refractivity contribution is 6.08. The number of nitrogens with one attached hydrogen (secondary N) is 1. The van der Waals surface area contributed by atoms with Crippen molar-refractivity contribution in [3.05, 3.63) is 35.7 Å². The van der Waals surface area contributed by atoms with Gasteiger partial charge >= 0.3 is 12.0 Å². The average molecular weight is 375 g/mol. The van der Waals surface area contributed by atoms with E-state index in [1.165, 1.54) is 0 Å². The molecule has 1 N–H and O–H groups in total. The molecule has 0 spiro atoms. The predicted octanol–water partition coefficient (Wildman–Crippen LogP) is 1.74. The predicted molar refractivity (Wildman–Crippen MR) is 98.3 cm³/mol. The van der Waals surface area contributed by atoms with Crippen molar-refractivity contribution >= 4 is 23.7 Å². The maximum absolute atomic E-state index is 12.4. The van der Waals surface area contributed by atoms with Gasteiger partial charge in [-0.05, 0) is 33.3 Å². The van der Waals surface area contributed by atoms with Crippen LogP contribution in [0.3, 0.4) is 0 Å². The zero-order valence-corrected chi connectivity index (χ0v) is 16.1. The molecular weight excluding hydrogens is 350 g/mol. The van der Waals surface area contributed by atoms with Crippen LogP contribution in [0.4, 0.5) is 4.79 Å². The smallest absolute Gasteiger partial charge is 0.326 e. The molecule has 0 radical (unpaired) electrons. The summed E-state index contributed by atoms with van der Waals surface area (Å²) in [6.07, 6.45) is 2.14. The van der Waals surface area contributed by atoms with Gasteiger partial charge in [0.1, 0.15) is 12.1 Å². The van der Waals surface area contributed by atoms with Gasteiger partial charge in [-0.3, -0.25) is 19.3 Å². The van der Waals surface area contributed by atoms with Gasteiger partial charge in [0, 0.05) is 23.5 Å². The number of rotatable bonds is 8. The minimum atomic E-state index is -1.02. The van der Waals surface area contributed by atoms with Crippen LogP contribution in [0.15, 0.2) is 18.7 Å². The number of esters is 1. The number of hydrogen-bond acceptors (Lipinski definition) is 5. The summed E-state index contributed by atoms with van der Waals surface area (Å²) in [4.78, 5) is 49.4. The van der Waals surface area contributed by atoms with E-state index in [1.807, 2.05) is 18.4 Å². The number of ether oxygens (including phenoxy) is 1. The molecule has 0 bridgehead atoms. The minimum absolute atomic E-state index is 0.345. The van der Waals surface area contributed by atoms with Crippen molar-refractivity contribution in [2.75, 3.05) is 13.2 Å². The van der Waals surface area contributed by atoms with Gasteiger partial charge < -0.3 is 14.6 Å². The van der Waals surface area contributed by atoms with E-state index in [-0.39, 0.29) is 5.78 Å². The first-order valence-corrected chi connectivity index (χ1v) is 8.75. The lowest BCUT2D eigenvalue weighted by Gasteiger charge is -2.18. The van der Waals surface area contributed by atoms with E-state index in [1.54, 1.807) is 26.0 Å². The van der Waals surface area contributed by atoms with Crippen LogP contribution in [0.1, 0.15) is 42.0 Å². The first-order valence-electron chi connectivity index (χ1n) is 8.75. The van der Waals surface area contributed by atoms with Crippen LogP contribution in [0.25, 0.3) is 0 Å². The van der Waals surface area contributed by atoms with E-state index in [9.17, 15) is 19.2 Å². The zero-order chi connectivity index (χ0) is 20.4. The molecular formula is C19H25N3O5. The van der Waals surface area contributed by atoms with Gasteiger partial charge in [-0.25, -0.2) is 4.79 Å². The molecule has 27 heavy (non-hydrogen) atoms. The summed E-state index contributed by atoms with van der Waals surface area (Å²) in [5, 5.41) is 2.56. The summed E-state index contributed by atoms with van der Waals surface area (Å²) in [5.74, 6) is -1.64. The second kappa shape index (κ2) is 7.77.